The van der Waals surface area contributed by atoms with Crippen LogP contribution in [0.4, 0.5) is 4.39 Å². The Kier molecular flexibility index (Phi) is 5.86. The third kappa shape index (κ3) is 4.29. The second-order valence-electron chi connectivity index (χ2n) is 4.79. The minimum Gasteiger partial charge on any atom is -0.462 e. The molecular formula is C16H15FN2O4S. The number of ketones is 1. The molecule has 0 spiro atoms. The summed E-state index contributed by atoms with van der Waals surface area (Å²) in [6.07, 6.45) is 0. The number of halogens is 1. The van der Waals surface area contributed by atoms with E-state index < -0.39 is 17.5 Å². The van der Waals surface area contributed by atoms with Crippen LogP contribution in [0.2, 0.25) is 0 Å². The van der Waals surface area contributed by atoms with Gasteiger partial charge in [0, 0.05) is 11.3 Å². The number of esters is 1. The smallest absolute Gasteiger partial charge is 0.346 e. The van der Waals surface area contributed by atoms with Crippen LogP contribution in [-0.2, 0) is 4.74 Å². The Balaban J connectivity index is 2.22. The normalized spacial score (nSPS) is 10.5. The van der Waals surface area contributed by atoms with E-state index in [1.807, 2.05) is 0 Å². The Morgan fingerprint density at radius 2 is 1.96 bits per heavy atom. The molecule has 0 amide bonds. The van der Waals surface area contributed by atoms with Crippen molar-refractivity contribution >= 4 is 23.5 Å². The molecule has 24 heavy (non-hydrogen) atoms. The van der Waals surface area contributed by atoms with Crippen molar-refractivity contribution in [1.82, 2.24) is 9.97 Å². The third-order valence-corrected chi connectivity index (χ3v) is 4.05. The predicted molar refractivity (Wildman–Crippen MR) is 87.0 cm³/mol. The number of aryl methyl sites for hydroxylation is 1. The molecule has 2 rings (SSSR count). The molecule has 0 bridgehead atoms. The van der Waals surface area contributed by atoms with Crippen LogP contribution in [0, 0.1) is 12.7 Å². The van der Waals surface area contributed by atoms with Crippen LogP contribution in [0.5, 0.6) is 0 Å². The first-order valence-corrected chi connectivity index (χ1v) is 8.10. The summed E-state index contributed by atoms with van der Waals surface area (Å²) in [5.74, 6) is -1.37. The van der Waals surface area contributed by atoms with Gasteiger partial charge in [-0.15, -0.1) is 0 Å². The number of carbonyl (C=O) groups excluding carboxylic acids is 2. The number of ether oxygens (including phenoxy) is 1. The van der Waals surface area contributed by atoms with Gasteiger partial charge in [-0.1, -0.05) is 11.8 Å². The van der Waals surface area contributed by atoms with Crippen LogP contribution in [0.1, 0.15) is 33.3 Å². The number of hydrogen-bond acceptors (Lipinski definition) is 6. The fourth-order valence-corrected chi connectivity index (χ4v) is 2.92. The van der Waals surface area contributed by atoms with Crippen molar-refractivity contribution in [3.05, 3.63) is 57.4 Å². The molecule has 0 atom stereocenters. The van der Waals surface area contributed by atoms with Crippen molar-refractivity contribution < 1.29 is 18.7 Å². The lowest BCUT2D eigenvalue weighted by Gasteiger charge is -2.09. The van der Waals surface area contributed by atoms with Crippen molar-refractivity contribution in [2.75, 3.05) is 12.4 Å². The maximum absolute atomic E-state index is 12.9. The third-order valence-electron chi connectivity index (χ3n) is 3.07. The number of carbonyl (C=O) groups is 2. The lowest BCUT2D eigenvalue weighted by molar-refractivity contribution is 0.0519. The Bertz CT molecular complexity index is 818. The molecule has 0 radical (unpaired) electrons. The maximum Gasteiger partial charge on any atom is 0.346 e. The average molecular weight is 350 g/mol. The second kappa shape index (κ2) is 7.87. The van der Waals surface area contributed by atoms with Gasteiger partial charge in [-0.3, -0.25) is 4.79 Å². The first-order valence-electron chi connectivity index (χ1n) is 7.12. The number of H-pyrrole nitrogens is 1. The Morgan fingerprint density at radius 1 is 1.29 bits per heavy atom. The highest BCUT2D eigenvalue weighted by molar-refractivity contribution is 8.00. The molecule has 0 saturated heterocycles. The van der Waals surface area contributed by atoms with Gasteiger partial charge in [0.1, 0.15) is 16.4 Å². The van der Waals surface area contributed by atoms with Crippen molar-refractivity contribution in [3.63, 3.8) is 0 Å². The zero-order chi connectivity index (χ0) is 17.7. The SMILES string of the molecule is CCOC(=O)c1c(SCC(=O)c2ccc(F)cc2)nc(=O)[nH]c1C. The number of hydrogen-bond donors (Lipinski definition) is 1. The second-order valence-corrected chi connectivity index (χ2v) is 5.75. The lowest BCUT2D eigenvalue weighted by Crippen LogP contribution is -2.20. The molecule has 1 aromatic heterocycles. The summed E-state index contributed by atoms with van der Waals surface area (Å²) < 4.78 is 17.8. The van der Waals surface area contributed by atoms with Gasteiger partial charge >= 0.3 is 11.7 Å². The summed E-state index contributed by atoms with van der Waals surface area (Å²) in [4.78, 5) is 41.9. The largest absolute Gasteiger partial charge is 0.462 e. The molecule has 0 aliphatic heterocycles. The van der Waals surface area contributed by atoms with E-state index in [1.165, 1.54) is 24.3 Å². The van der Waals surface area contributed by atoms with Gasteiger partial charge in [-0.05, 0) is 38.1 Å². The molecular weight excluding hydrogens is 335 g/mol. The molecule has 8 heteroatoms. The molecule has 0 aliphatic rings. The molecule has 0 unspecified atom stereocenters. The van der Waals surface area contributed by atoms with Gasteiger partial charge in [-0.2, -0.15) is 4.98 Å². The van der Waals surface area contributed by atoms with E-state index in [0.29, 0.717) is 11.3 Å². The van der Waals surface area contributed by atoms with E-state index in [0.717, 1.165) is 11.8 Å². The number of nitrogens with one attached hydrogen (secondary N) is 1. The zero-order valence-corrected chi connectivity index (χ0v) is 13.9. The standard InChI is InChI=1S/C16H15FN2O4S/c1-3-23-15(21)13-9(2)18-16(22)19-14(13)24-8-12(20)10-4-6-11(17)7-5-10/h4-7H,3,8H2,1-2H3,(H,18,19,22). The molecule has 0 aliphatic carbocycles. The topological polar surface area (TPSA) is 89.1 Å². The van der Waals surface area contributed by atoms with E-state index in [4.69, 9.17) is 4.74 Å². The van der Waals surface area contributed by atoms with Crippen LogP contribution >= 0.6 is 11.8 Å². The van der Waals surface area contributed by atoms with E-state index in [1.54, 1.807) is 13.8 Å². The first-order chi connectivity index (χ1) is 11.4. The number of aromatic nitrogens is 2. The molecule has 1 heterocycles. The summed E-state index contributed by atoms with van der Waals surface area (Å²) >= 11 is 0.961. The van der Waals surface area contributed by atoms with Crippen LogP contribution in [-0.4, -0.2) is 34.1 Å². The van der Waals surface area contributed by atoms with Crippen LogP contribution < -0.4 is 5.69 Å². The van der Waals surface area contributed by atoms with Gasteiger partial charge in [0.25, 0.3) is 0 Å². The molecule has 6 nitrogen and oxygen atoms in total. The van der Waals surface area contributed by atoms with Gasteiger partial charge in [0.15, 0.2) is 5.78 Å². The highest BCUT2D eigenvalue weighted by Crippen LogP contribution is 2.23. The van der Waals surface area contributed by atoms with Gasteiger partial charge in [-0.25, -0.2) is 14.0 Å². The van der Waals surface area contributed by atoms with Gasteiger partial charge in [0.2, 0.25) is 0 Å². The Hall–Kier alpha value is -2.48. The number of Topliss-reactive ketones (excluding diaryl/α,β-unsaturated/α-hetero) is 1. The summed E-state index contributed by atoms with van der Waals surface area (Å²) in [5, 5.41) is 0.130. The number of thioether (sulfide) groups is 1. The number of aromatic amines is 1. The van der Waals surface area contributed by atoms with Crippen LogP contribution in [0.3, 0.4) is 0 Å². The average Bonchev–Trinajstić information content (AvgIpc) is 2.52. The lowest BCUT2D eigenvalue weighted by atomic mass is 10.1. The molecule has 0 saturated carbocycles. The van der Waals surface area contributed by atoms with Crippen molar-refractivity contribution in [3.8, 4) is 0 Å². The summed E-state index contributed by atoms with van der Waals surface area (Å²) in [6.45, 7) is 3.40. The number of nitrogens with zero attached hydrogens (tertiary/aromatic N) is 1. The molecule has 126 valence electrons. The fraction of sp³-hybridized carbons (Fsp3) is 0.250. The summed E-state index contributed by atoms with van der Waals surface area (Å²) in [6, 6.07) is 5.14. The number of benzene rings is 1. The fourth-order valence-electron chi connectivity index (χ4n) is 1.96. The first kappa shape index (κ1) is 17.9. The molecule has 0 fully saturated rings. The summed E-state index contributed by atoms with van der Waals surface area (Å²) in [5.41, 5.74) is 0.180. The monoisotopic (exact) mass is 350 g/mol. The van der Waals surface area contributed by atoms with Crippen molar-refractivity contribution in [2.45, 2.75) is 18.9 Å². The quantitative estimate of drug-likeness (QED) is 0.372. The predicted octanol–water partition coefficient (Wildman–Crippen LogP) is 2.37. The molecule has 2 aromatic rings. The minimum absolute atomic E-state index is 0.0477. The van der Waals surface area contributed by atoms with Gasteiger partial charge < -0.3 is 9.72 Å². The van der Waals surface area contributed by atoms with E-state index in [-0.39, 0.29) is 28.7 Å². The Labute approximate surface area is 141 Å². The minimum atomic E-state index is -0.615. The van der Waals surface area contributed by atoms with Crippen molar-refractivity contribution in [2.24, 2.45) is 0 Å². The highest BCUT2D eigenvalue weighted by Gasteiger charge is 2.20. The zero-order valence-electron chi connectivity index (χ0n) is 13.1. The van der Waals surface area contributed by atoms with Crippen LogP contribution in [0.15, 0.2) is 34.1 Å². The molecule has 1 N–H and O–H groups in total. The maximum atomic E-state index is 12.9. The summed E-state index contributed by atoms with van der Waals surface area (Å²) in [7, 11) is 0. The van der Waals surface area contributed by atoms with Crippen molar-refractivity contribution in [1.29, 1.82) is 0 Å². The Morgan fingerprint density at radius 3 is 2.58 bits per heavy atom. The van der Waals surface area contributed by atoms with E-state index in [9.17, 15) is 18.8 Å². The van der Waals surface area contributed by atoms with E-state index in [2.05, 4.69) is 9.97 Å². The van der Waals surface area contributed by atoms with E-state index >= 15 is 0 Å². The highest BCUT2D eigenvalue weighted by atomic mass is 32.2. The van der Waals surface area contributed by atoms with Crippen LogP contribution in [0.25, 0.3) is 0 Å². The van der Waals surface area contributed by atoms with Gasteiger partial charge in [0.05, 0.1) is 12.4 Å². The number of rotatable bonds is 6. The molecule has 1 aromatic carbocycles.